The summed E-state index contributed by atoms with van der Waals surface area (Å²) in [4.78, 5) is 2.18. The van der Waals surface area contributed by atoms with Gasteiger partial charge >= 0.3 is 0 Å². The van der Waals surface area contributed by atoms with Crippen LogP contribution in [0.2, 0.25) is 0 Å². The third-order valence-corrected chi connectivity index (χ3v) is 3.85. The summed E-state index contributed by atoms with van der Waals surface area (Å²) in [7, 11) is 0. The van der Waals surface area contributed by atoms with Crippen molar-refractivity contribution in [2.45, 2.75) is 32.0 Å². The molecular formula is C17H18F2N2. The molecule has 0 unspecified atom stereocenters. The third-order valence-electron chi connectivity index (χ3n) is 3.85. The molecule has 0 heterocycles. The SMILES string of the molecule is NCc1ccc(N(Cc2ccc(F)cc2F)C2CC2)cc1. The second-order valence-corrected chi connectivity index (χ2v) is 5.47. The van der Waals surface area contributed by atoms with Gasteiger partial charge in [-0.15, -0.1) is 0 Å². The highest BCUT2D eigenvalue weighted by atomic mass is 19.1. The largest absolute Gasteiger partial charge is 0.364 e. The van der Waals surface area contributed by atoms with E-state index in [9.17, 15) is 8.78 Å². The molecule has 0 aromatic heterocycles. The van der Waals surface area contributed by atoms with Gasteiger partial charge in [0, 0.05) is 36.4 Å². The maximum Gasteiger partial charge on any atom is 0.131 e. The number of hydrogen-bond donors (Lipinski definition) is 1. The number of hydrogen-bond acceptors (Lipinski definition) is 2. The monoisotopic (exact) mass is 288 g/mol. The van der Waals surface area contributed by atoms with Gasteiger partial charge in [-0.1, -0.05) is 18.2 Å². The van der Waals surface area contributed by atoms with Crippen LogP contribution in [0.15, 0.2) is 42.5 Å². The minimum Gasteiger partial charge on any atom is -0.364 e. The van der Waals surface area contributed by atoms with Gasteiger partial charge in [0.1, 0.15) is 11.6 Å². The number of anilines is 1. The van der Waals surface area contributed by atoms with Crippen LogP contribution in [0.25, 0.3) is 0 Å². The molecule has 0 amide bonds. The molecule has 1 aliphatic carbocycles. The van der Waals surface area contributed by atoms with Gasteiger partial charge in [-0.2, -0.15) is 0 Å². The Kier molecular flexibility index (Phi) is 3.88. The first-order valence-corrected chi connectivity index (χ1v) is 7.17. The molecule has 0 aliphatic heterocycles. The van der Waals surface area contributed by atoms with Crippen molar-refractivity contribution in [2.75, 3.05) is 4.90 Å². The van der Waals surface area contributed by atoms with Gasteiger partial charge in [0.25, 0.3) is 0 Å². The molecule has 2 aromatic rings. The fourth-order valence-electron chi connectivity index (χ4n) is 2.47. The van der Waals surface area contributed by atoms with E-state index in [1.807, 2.05) is 24.3 Å². The molecule has 21 heavy (non-hydrogen) atoms. The molecule has 0 bridgehead atoms. The zero-order chi connectivity index (χ0) is 14.8. The van der Waals surface area contributed by atoms with Crippen LogP contribution in [0.5, 0.6) is 0 Å². The lowest BCUT2D eigenvalue weighted by molar-refractivity contribution is 0.568. The summed E-state index contributed by atoms with van der Waals surface area (Å²) in [5.74, 6) is -1.03. The first-order chi connectivity index (χ1) is 10.2. The van der Waals surface area contributed by atoms with Crippen molar-refractivity contribution in [3.8, 4) is 0 Å². The average Bonchev–Trinajstić information content (AvgIpc) is 3.31. The summed E-state index contributed by atoms with van der Waals surface area (Å²) in [6, 6.07) is 12.2. The third kappa shape index (κ3) is 3.22. The number of nitrogens with zero attached hydrogens (tertiary/aromatic N) is 1. The Hall–Kier alpha value is -1.94. The summed E-state index contributed by atoms with van der Waals surface area (Å²) in [5.41, 5.74) is 8.25. The normalized spacial score (nSPS) is 14.2. The first-order valence-electron chi connectivity index (χ1n) is 7.17. The van der Waals surface area contributed by atoms with Crippen molar-refractivity contribution in [3.63, 3.8) is 0 Å². The Morgan fingerprint density at radius 3 is 2.33 bits per heavy atom. The second kappa shape index (κ2) is 5.82. The van der Waals surface area contributed by atoms with E-state index in [-0.39, 0.29) is 0 Å². The predicted octanol–water partition coefficient (Wildman–Crippen LogP) is 3.59. The summed E-state index contributed by atoms with van der Waals surface area (Å²) < 4.78 is 26.8. The van der Waals surface area contributed by atoms with Crippen molar-refractivity contribution in [2.24, 2.45) is 5.73 Å². The van der Waals surface area contributed by atoms with Gasteiger partial charge in [0.15, 0.2) is 0 Å². The van der Waals surface area contributed by atoms with Crippen LogP contribution in [0.1, 0.15) is 24.0 Å². The van der Waals surface area contributed by atoms with Gasteiger partial charge in [0.05, 0.1) is 0 Å². The van der Waals surface area contributed by atoms with Crippen LogP contribution in [0, 0.1) is 11.6 Å². The molecule has 110 valence electrons. The molecule has 0 radical (unpaired) electrons. The first kappa shape index (κ1) is 14.0. The van der Waals surface area contributed by atoms with Crippen molar-refractivity contribution >= 4 is 5.69 Å². The number of rotatable bonds is 5. The minimum atomic E-state index is -0.540. The molecule has 2 nitrogen and oxygen atoms in total. The van der Waals surface area contributed by atoms with E-state index in [4.69, 9.17) is 5.73 Å². The van der Waals surface area contributed by atoms with Crippen LogP contribution < -0.4 is 10.6 Å². The van der Waals surface area contributed by atoms with E-state index in [1.165, 1.54) is 12.1 Å². The van der Waals surface area contributed by atoms with E-state index >= 15 is 0 Å². The quantitative estimate of drug-likeness (QED) is 0.911. The summed E-state index contributed by atoms with van der Waals surface area (Å²) in [6.07, 6.45) is 2.23. The second-order valence-electron chi connectivity index (χ2n) is 5.47. The summed E-state index contributed by atoms with van der Waals surface area (Å²) in [5, 5.41) is 0. The van der Waals surface area contributed by atoms with Gasteiger partial charge in [-0.25, -0.2) is 8.78 Å². The molecule has 1 saturated carbocycles. The maximum atomic E-state index is 13.8. The molecule has 0 spiro atoms. The summed E-state index contributed by atoms with van der Waals surface area (Å²) >= 11 is 0. The highest BCUT2D eigenvalue weighted by molar-refractivity contribution is 5.50. The van der Waals surface area contributed by atoms with Crippen LogP contribution in [-0.4, -0.2) is 6.04 Å². The minimum absolute atomic E-state index is 0.443. The van der Waals surface area contributed by atoms with E-state index in [1.54, 1.807) is 0 Å². The Balaban J connectivity index is 1.84. The Morgan fingerprint density at radius 1 is 1.05 bits per heavy atom. The molecule has 1 fully saturated rings. The highest BCUT2D eigenvalue weighted by Crippen LogP contribution is 2.33. The van der Waals surface area contributed by atoms with Gasteiger partial charge in [-0.3, -0.25) is 0 Å². The van der Waals surface area contributed by atoms with Crippen LogP contribution in [0.3, 0.4) is 0 Å². The van der Waals surface area contributed by atoms with Crippen molar-refractivity contribution in [1.82, 2.24) is 0 Å². The molecular weight excluding hydrogens is 270 g/mol. The van der Waals surface area contributed by atoms with Crippen LogP contribution in [0.4, 0.5) is 14.5 Å². The van der Waals surface area contributed by atoms with Crippen LogP contribution in [-0.2, 0) is 13.1 Å². The molecule has 2 N–H and O–H groups in total. The Labute approximate surface area is 123 Å². The van der Waals surface area contributed by atoms with Crippen LogP contribution >= 0.6 is 0 Å². The fraction of sp³-hybridized carbons (Fsp3) is 0.294. The summed E-state index contributed by atoms with van der Waals surface area (Å²) in [6.45, 7) is 0.967. The number of benzene rings is 2. The number of nitrogens with two attached hydrogens (primary N) is 1. The molecule has 3 rings (SSSR count). The van der Waals surface area contributed by atoms with E-state index in [0.717, 1.165) is 30.2 Å². The van der Waals surface area contributed by atoms with Crippen molar-refractivity contribution in [1.29, 1.82) is 0 Å². The van der Waals surface area contributed by atoms with E-state index in [2.05, 4.69) is 4.90 Å². The molecule has 0 atom stereocenters. The standard InChI is InChI=1S/C17H18F2N2/c18-14-4-3-13(17(19)9-14)11-21(16-7-8-16)15-5-1-12(10-20)2-6-15/h1-6,9,16H,7-8,10-11,20H2. The van der Waals surface area contributed by atoms with E-state index in [0.29, 0.717) is 24.7 Å². The Morgan fingerprint density at radius 2 is 1.76 bits per heavy atom. The van der Waals surface area contributed by atoms with Crippen molar-refractivity contribution in [3.05, 3.63) is 65.2 Å². The zero-order valence-corrected chi connectivity index (χ0v) is 11.7. The molecule has 2 aromatic carbocycles. The van der Waals surface area contributed by atoms with Gasteiger partial charge in [0.2, 0.25) is 0 Å². The molecule has 4 heteroatoms. The lowest BCUT2D eigenvalue weighted by Gasteiger charge is -2.25. The smallest absolute Gasteiger partial charge is 0.131 e. The lowest BCUT2D eigenvalue weighted by atomic mass is 10.1. The number of halogens is 2. The molecule has 0 saturated heterocycles. The highest BCUT2D eigenvalue weighted by Gasteiger charge is 2.29. The predicted molar refractivity (Wildman–Crippen MR) is 79.9 cm³/mol. The van der Waals surface area contributed by atoms with E-state index < -0.39 is 11.6 Å². The zero-order valence-electron chi connectivity index (χ0n) is 11.7. The maximum absolute atomic E-state index is 13.8. The fourth-order valence-corrected chi connectivity index (χ4v) is 2.47. The average molecular weight is 288 g/mol. The topological polar surface area (TPSA) is 29.3 Å². The lowest BCUT2D eigenvalue weighted by Crippen LogP contribution is -2.25. The Bertz CT molecular complexity index is 621. The van der Waals surface area contributed by atoms with Gasteiger partial charge in [-0.05, 0) is 36.6 Å². The van der Waals surface area contributed by atoms with Gasteiger partial charge < -0.3 is 10.6 Å². The molecule has 1 aliphatic rings. The van der Waals surface area contributed by atoms with Crippen molar-refractivity contribution < 1.29 is 8.78 Å².